The minimum atomic E-state index is 0.783. The Hall–Kier alpha value is -2.98. The first kappa shape index (κ1) is 19.8. The van der Waals surface area contributed by atoms with Crippen molar-refractivity contribution in [2.45, 2.75) is 0 Å². The molecule has 0 spiro atoms. The normalized spacial score (nSPS) is 10.6. The Bertz CT molecular complexity index is 926. The largest absolute Gasteiger partial charge is 0.364 e. The molecular weight excluding hydrogens is 362 g/mol. The molecule has 0 aliphatic rings. The standard InChI is InChI=1S/C24H26N3S/c1-5-13-26(14-6-2)19-9-11-21-23(17-19)28-24-18-20(10-12-22(24)25-21)27(15-7-3)16-8-4/h5-12,17-18H,1-4,13-16H2/q+1. The molecule has 2 aromatic carbocycles. The van der Waals surface area contributed by atoms with Gasteiger partial charge in [0.05, 0.1) is 0 Å². The maximum absolute atomic E-state index is 4.86. The van der Waals surface area contributed by atoms with Crippen molar-refractivity contribution in [1.82, 2.24) is 4.98 Å². The zero-order chi connectivity index (χ0) is 19.9. The molecular formula is C24H26N3S+. The van der Waals surface area contributed by atoms with Crippen molar-refractivity contribution < 1.29 is 0 Å². The molecule has 142 valence electrons. The van der Waals surface area contributed by atoms with Crippen LogP contribution in [0.5, 0.6) is 0 Å². The van der Waals surface area contributed by atoms with Gasteiger partial charge >= 0.3 is 0 Å². The van der Waals surface area contributed by atoms with Gasteiger partial charge in [0.15, 0.2) is 0 Å². The predicted octanol–water partition coefficient (Wildman–Crippen LogP) is 6.09. The van der Waals surface area contributed by atoms with E-state index in [0.717, 1.165) is 48.6 Å². The summed E-state index contributed by atoms with van der Waals surface area (Å²) in [5, 5.41) is 0. The van der Waals surface area contributed by atoms with Crippen LogP contribution < -0.4 is 9.80 Å². The number of aromatic nitrogens is 1. The van der Waals surface area contributed by atoms with Gasteiger partial charge in [-0.25, -0.2) is 4.98 Å². The summed E-state index contributed by atoms with van der Waals surface area (Å²) in [6.07, 6.45) is 7.65. The second kappa shape index (κ2) is 9.29. The van der Waals surface area contributed by atoms with E-state index < -0.39 is 0 Å². The molecule has 28 heavy (non-hydrogen) atoms. The van der Waals surface area contributed by atoms with Gasteiger partial charge in [-0.15, -0.1) is 26.3 Å². The Labute approximate surface area is 171 Å². The van der Waals surface area contributed by atoms with Crippen LogP contribution >= 0.6 is 11.3 Å². The molecule has 3 nitrogen and oxygen atoms in total. The summed E-state index contributed by atoms with van der Waals surface area (Å²) >= 11 is 1.77. The second-order valence-corrected chi connectivity index (χ2v) is 7.57. The highest BCUT2D eigenvalue weighted by molar-refractivity contribution is 7.24. The Morgan fingerprint density at radius 3 is 1.43 bits per heavy atom. The van der Waals surface area contributed by atoms with Crippen molar-refractivity contribution in [3.63, 3.8) is 0 Å². The maximum Gasteiger partial charge on any atom is 0.259 e. The van der Waals surface area contributed by atoms with Crippen LogP contribution in [0.3, 0.4) is 0 Å². The van der Waals surface area contributed by atoms with Crippen LogP contribution in [-0.2, 0) is 0 Å². The molecule has 0 aliphatic carbocycles. The third-order valence-corrected chi connectivity index (χ3v) is 5.57. The van der Waals surface area contributed by atoms with Gasteiger partial charge in [0.1, 0.15) is 11.0 Å². The van der Waals surface area contributed by atoms with Crippen LogP contribution in [0.4, 0.5) is 11.4 Å². The third kappa shape index (κ3) is 4.29. The van der Waals surface area contributed by atoms with Crippen molar-refractivity contribution in [2.75, 3.05) is 36.0 Å². The monoisotopic (exact) mass is 388 g/mol. The predicted molar refractivity (Wildman–Crippen MR) is 127 cm³/mol. The summed E-state index contributed by atoms with van der Waals surface area (Å²) in [7, 11) is 0. The second-order valence-electron chi connectivity index (χ2n) is 6.48. The molecule has 3 aromatic rings. The summed E-state index contributed by atoms with van der Waals surface area (Å²) in [6.45, 7) is 18.6. The summed E-state index contributed by atoms with van der Waals surface area (Å²) < 4.78 is 2.33. The molecule has 0 amide bonds. The fourth-order valence-electron chi connectivity index (χ4n) is 3.19. The number of nitrogens with zero attached hydrogens (tertiary/aromatic N) is 3. The van der Waals surface area contributed by atoms with Gasteiger partial charge in [0, 0.05) is 49.7 Å². The van der Waals surface area contributed by atoms with Crippen molar-refractivity contribution in [2.24, 2.45) is 0 Å². The van der Waals surface area contributed by atoms with E-state index >= 15 is 0 Å². The lowest BCUT2D eigenvalue weighted by atomic mass is 10.2. The molecule has 0 aliphatic heterocycles. The molecule has 0 radical (unpaired) electrons. The lowest BCUT2D eigenvalue weighted by Gasteiger charge is -2.21. The molecule has 1 aromatic heterocycles. The van der Waals surface area contributed by atoms with E-state index in [4.69, 9.17) is 4.98 Å². The summed E-state index contributed by atoms with van der Waals surface area (Å²) in [5.41, 5.74) is 4.34. The van der Waals surface area contributed by atoms with Gasteiger partial charge in [0.2, 0.25) is 11.3 Å². The van der Waals surface area contributed by atoms with E-state index in [0.29, 0.717) is 0 Å². The van der Waals surface area contributed by atoms with Gasteiger partial charge in [0.25, 0.3) is 9.40 Å². The van der Waals surface area contributed by atoms with E-state index in [1.54, 1.807) is 11.3 Å². The molecule has 0 unspecified atom stereocenters. The number of anilines is 2. The van der Waals surface area contributed by atoms with Crippen molar-refractivity contribution >= 4 is 43.1 Å². The van der Waals surface area contributed by atoms with Crippen molar-refractivity contribution in [3.05, 3.63) is 87.0 Å². The number of benzene rings is 2. The Morgan fingerprint density at radius 1 is 0.679 bits per heavy atom. The summed E-state index contributed by atoms with van der Waals surface area (Å²) in [4.78, 5) is 9.33. The van der Waals surface area contributed by atoms with Crippen LogP contribution in [0.15, 0.2) is 87.0 Å². The minimum Gasteiger partial charge on any atom is -0.364 e. The van der Waals surface area contributed by atoms with Crippen LogP contribution in [0.1, 0.15) is 0 Å². The molecule has 0 fully saturated rings. The summed E-state index contributed by atoms with van der Waals surface area (Å²) in [5.74, 6) is 0. The first-order valence-electron chi connectivity index (χ1n) is 9.31. The van der Waals surface area contributed by atoms with E-state index in [9.17, 15) is 0 Å². The zero-order valence-electron chi connectivity index (χ0n) is 16.2. The lowest BCUT2D eigenvalue weighted by molar-refractivity contribution is 0.958. The number of rotatable bonds is 10. The highest BCUT2D eigenvalue weighted by Gasteiger charge is 2.16. The SMILES string of the molecule is C=CCN(CC=C)c1ccc2nc3ccc(N(CC=C)CC=C)cc3[s+]c2c1. The van der Waals surface area contributed by atoms with Gasteiger partial charge in [-0.1, -0.05) is 24.3 Å². The smallest absolute Gasteiger partial charge is 0.259 e. The van der Waals surface area contributed by atoms with E-state index in [1.165, 1.54) is 9.40 Å². The topological polar surface area (TPSA) is 19.4 Å². The molecule has 0 atom stereocenters. The fraction of sp³-hybridized carbons (Fsp3) is 0.167. The number of fused-ring (bicyclic) bond motifs is 2. The van der Waals surface area contributed by atoms with Crippen LogP contribution in [-0.4, -0.2) is 31.2 Å². The van der Waals surface area contributed by atoms with Crippen molar-refractivity contribution in [3.8, 4) is 0 Å². The van der Waals surface area contributed by atoms with Crippen LogP contribution in [0.2, 0.25) is 0 Å². The van der Waals surface area contributed by atoms with Gasteiger partial charge < -0.3 is 9.80 Å². The molecule has 0 bridgehead atoms. The Balaban J connectivity index is 2.06. The Morgan fingerprint density at radius 2 is 1.07 bits per heavy atom. The minimum absolute atomic E-state index is 0.783. The van der Waals surface area contributed by atoms with Crippen molar-refractivity contribution in [1.29, 1.82) is 0 Å². The molecule has 3 rings (SSSR count). The average Bonchev–Trinajstić information content (AvgIpc) is 2.71. The van der Waals surface area contributed by atoms with E-state index in [1.807, 2.05) is 24.3 Å². The van der Waals surface area contributed by atoms with Gasteiger partial charge in [-0.3, -0.25) is 0 Å². The third-order valence-electron chi connectivity index (χ3n) is 4.48. The van der Waals surface area contributed by atoms with Crippen LogP contribution in [0, 0.1) is 0 Å². The first-order chi connectivity index (χ1) is 13.7. The lowest BCUT2D eigenvalue weighted by Crippen LogP contribution is -2.23. The quantitative estimate of drug-likeness (QED) is 0.238. The highest BCUT2D eigenvalue weighted by Crippen LogP contribution is 2.31. The average molecular weight is 389 g/mol. The molecule has 4 heteroatoms. The fourth-order valence-corrected chi connectivity index (χ4v) is 4.22. The Kier molecular flexibility index (Phi) is 6.56. The molecule has 0 saturated heterocycles. The highest BCUT2D eigenvalue weighted by atomic mass is 32.1. The van der Waals surface area contributed by atoms with Crippen LogP contribution in [0.25, 0.3) is 20.4 Å². The maximum atomic E-state index is 4.86. The molecule has 0 saturated carbocycles. The van der Waals surface area contributed by atoms with E-state index in [-0.39, 0.29) is 0 Å². The first-order valence-corrected chi connectivity index (χ1v) is 10.1. The van der Waals surface area contributed by atoms with Gasteiger partial charge in [-0.2, -0.15) is 0 Å². The molecule has 1 heterocycles. The summed E-state index contributed by atoms with van der Waals surface area (Å²) in [6, 6.07) is 12.8. The number of hydrogen-bond donors (Lipinski definition) is 0. The zero-order valence-corrected chi connectivity index (χ0v) is 17.0. The molecule has 0 N–H and O–H groups in total. The van der Waals surface area contributed by atoms with Gasteiger partial charge in [-0.05, 0) is 24.3 Å². The number of hydrogen-bond acceptors (Lipinski definition) is 3. The van der Waals surface area contributed by atoms with E-state index in [2.05, 4.69) is 72.5 Å².